The van der Waals surface area contributed by atoms with Gasteiger partial charge in [0.2, 0.25) is 0 Å². The first-order chi connectivity index (χ1) is 5.68. The molecule has 12 heavy (non-hydrogen) atoms. The Labute approximate surface area is 82.8 Å². The van der Waals surface area contributed by atoms with Crippen LogP contribution >= 0.6 is 27.3 Å². The molecule has 0 aliphatic rings. The number of halogens is 1. The summed E-state index contributed by atoms with van der Waals surface area (Å²) in [5, 5.41) is 10.6. The van der Waals surface area contributed by atoms with Crippen molar-refractivity contribution >= 4 is 37.4 Å². The van der Waals surface area contributed by atoms with E-state index in [2.05, 4.69) is 28.9 Å². The van der Waals surface area contributed by atoms with Gasteiger partial charge in [-0.25, -0.2) is 0 Å². The SMILES string of the molecule is Cc1cc2ccc(O)c(Br)c2s1. The second-order valence-electron chi connectivity index (χ2n) is 2.67. The zero-order valence-corrected chi connectivity index (χ0v) is 8.87. The van der Waals surface area contributed by atoms with Crippen molar-refractivity contribution in [3.05, 3.63) is 27.5 Å². The third-order valence-corrected chi connectivity index (χ3v) is 3.88. The fourth-order valence-electron chi connectivity index (χ4n) is 1.19. The van der Waals surface area contributed by atoms with Crippen LogP contribution in [-0.2, 0) is 0 Å². The van der Waals surface area contributed by atoms with Gasteiger partial charge in [0.1, 0.15) is 5.75 Å². The molecule has 1 nitrogen and oxygen atoms in total. The van der Waals surface area contributed by atoms with Crippen LogP contribution in [0, 0.1) is 6.92 Å². The molecule has 0 unspecified atom stereocenters. The van der Waals surface area contributed by atoms with E-state index in [1.807, 2.05) is 6.07 Å². The minimum atomic E-state index is 0.310. The Bertz CT molecular complexity index is 433. The summed E-state index contributed by atoms with van der Waals surface area (Å²) in [6.45, 7) is 2.06. The molecule has 2 aromatic rings. The number of hydrogen-bond donors (Lipinski definition) is 1. The quantitative estimate of drug-likeness (QED) is 0.748. The third-order valence-electron chi connectivity index (χ3n) is 1.73. The second kappa shape index (κ2) is 2.75. The Balaban J connectivity index is 2.89. The lowest BCUT2D eigenvalue weighted by Gasteiger charge is -1.96. The molecule has 0 bridgehead atoms. The van der Waals surface area contributed by atoms with Crippen LogP contribution in [0.4, 0.5) is 0 Å². The third kappa shape index (κ3) is 1.13. The van der Waals surface area contributed by atoms with E-state index >= 15 is 0 Å². The van der Waals surface area contributed by atoms with Gasteiger partial charge >= 0.3 is 0 Å². The summed E-state index contributed by atoms with van der Waals surface area (Å²) in [6, 6.07) is 5.75. The molecule has 0 aliphatic heterocycles. The maximum atomic E-state index is 9.39. The van der Waals surface area contributed by atoms with Crippen molar-refractivity contribution in [1.82, 2.24) is 0 Å². The van der Waals surface area contributed by atoms with E-state index in [0.717, 1.165) is 9.17 Å². The molecule has 2 rings (SSSR count). The maximum Gasteiger partial charge on any atom is 0.131 e. The van der Waals surface area contributed by atoms with Crippen LogP contribution in [0.1, 0.15) is 4.88 Å². The molecule has 0 aliphatic carbocycles. The fraction of sp³-hybridized carbons (Fsp3) is 0.111. The summed E-state index contributed by atoms with van der Waals surface area (Å²) in [6.07, 6.45) is 0. The van der Waals surface area contributed by atoms with Crippen molar-refractivity contribution in [2.45, 2.75) is 6.92 Å². The van der Waals surface area contributed by atoms with E-state index in [0.29, 0.717) is 5.75 Å². The molecular weight excluding hydrogens is 236 g/mol. The number of hydrogen-bond acceptors (Lipinski definition) is 2. The van der Waals surface area contributed by atoms with E-state index < -0.39 is 0 Å². The van der Waals surface area contributed by atoms with Crippen molar-refractivity contribution in [1.29, 1.82) is 0 Å². The first kappa shape index (κ1) is 8.08. The molecule has 62 valence electrons. The van der Waals surface area contributed by atoms with Gasteiger partial charge in [0, 0.05) is 4.88 Å². The lowest BCUT2D eigenvalue weighted by Crippen LogP contribution is -1.67. The van der Waals surface area contributed by atoms with Crippen LogP contribution in [-0.4, -0.2) is 5.11 Å². The standard InChI is InChI=1S/C9H7BrOS/c1-5-4-6-2-3-7(11)8(10)9(6)12-5/h2-4,11H,1H3. The van der Waals surface area contributed by atoms with Crippen molar-refractivity contribution in [2.75, 3.05) is 0 Å². The number of aryl methyl sites for hydroxylation is 1. The minimum absolute atomic E-state index is 0.310. The van der Waals surface area contributed by atoms with Crippen LogP contribution in [0.3, 0.4) is 0 Å². The molecule has 0 spiro atoms. The van der Waals surface area contributed by atoms with Crippen LogP contribution in [0.25, 0.3) is 10.1 Å². The van der Waals surface area contributed by atoms with Crippen LogP contribution < -0.4 is 0 Å². The zero-order chi connectivity index (χ0) is 8.72. The van der Waals surface area contributed by atoms with Crippen LogP contribution in [0.2, 0.25) is 0 Å². The molecule has 3 heteroatoms. The molecule has 1 heterocycles. The second-order valence-corrected chi connectivity index (χ2v) is 4.72. The molecule has 1 aromatic carbocycles. The summed E-state index contributed by atoms with van der Waals surface area (Å²) in [5.41, 5.74) is 0. The molecular formula is C9H7BrOS. The number of fused-ring (bicyclic) bond motifs is 1. The van der Waals surface area contributed by atoms with Crippen LogP contribution in [0.15, 0.2) is 22.7 Å². The molecule has 0 amide bonds. The van der Waals surface area contributed by atoms with E-state index in [1.54, 1.807) is 17.4 Å². The highest BCUT2D eigenvalue weighted by Crippen LogP contribution is 2.37. The molecule has 0 fully saturated rings. The minimum Gasteiger partial charge on any atom is -0.507 e. The number of phenolic OH excluding ortho intramolecular Hbond substituents is 1. The average Bonchev–Trinajstić information content (AvgIpc) is 2.39. The zero-order valence-electron chi connectivity index (χ0n) is 6.47. The molecule has 0 saturated carbocycles. The smallest absolute Gasteiger partial charge is 0.131 e. The summed E-state index contributed by atoms with van der Waals surface area (Å²) in [4.78, 5) is 1.26. The first-order valence-electron chi connectivity index (χ1n) is 3.56. The Morgan fingerprint density at radius 2 is 2.17 bits per heavy atom. The summed E-state index contributed by atoms with van der Waals surface area (Å²) < 4.78 is 1.92. The van der Waals surface area contributed by atoms with Gasteiger partial charge < -0.3 is 5.11 Å². The normalized spacial score (nSPS) is 10.8. The Hall–Kier alpha value is -0.540. The van der Waals surface area contributed by atoms with Gasteiger partial charge in [0.05, 0.1) is 9.17 Å². The van der Waals surface area contributed by atoms with Crippen molar-refractivity contribution in [2.24, 2.45) is 0 Å². The summed E-state index contributed by atoms with van der Waals surface area (Å²) >= 11 is 5.04. The Morgan fingerprint density at radius 3 is 2.92 bits per heavy atom. The van der Waals surface area contributed by atoms with Crippen molar-refractivity contribution < 1.29 is 5.11 Å². The Kier molecular flexibility index (Phi) is 1.85. The maximum absolute atomic E-state index is 9.39. The summed E-state index contributed by atoms with van der Waals surface area (Å²) in [5.74, 6) is 0.310. The number of phenols is 1. The van der Waals surface area contributed by atoms with Gasteiger partial charge in [0.25, 0.3) is 0 Å². The molecule has 1 N–H and O–H groups in total. The lowest BCUT2D eigenvalue weighted by molar-refractivity contribution is 0.473. The van der Waals surface area contributed by atoms with E-state index in [1.165, 1.54) is 10.3 Å². The van der Waals surface area contributed by atoms with Gasteiger partial charge in [-0.05, 0) is 46.4 Å². The monoisotopic (exact) mass is 242 g/mol. The van der Waals surface area contributed by atoms with Gasteiger partial charge in [0.15, 0.2) is 0 Å². The number of benzene rings is 1. The lowest BCUT2D eigenvalue weighted by atomic mass is 10.2. The molecule has 0 atom stereocenters. The summed E-state index contributed by atoms with van der Waals surface area (Å²) in [7, 11) is 0. The van der Waals surface area contributed by atoms with Gasteiger partial charge in [-0.1, -0.05) is 0 Å². The predicted octanol–water partition coefficient (Wildman–Crippen LogP) is 3.68. The molecule has 0 radical (unpaired) electrons. The average molecular weight is 243 g/mol. The predicted molar refractivity (Wildman–Crippen MR) is 55.9 cm³/mol. The van der Waals surface area contributed by atoms with Gasteiger partial charge in [-0.15, -0.1) is 11.3 Å². The van der Waals surface area contributed by atoms with Crippen molar-refractivity contribution in [3.63, 3.8) is 0 Å². The van der Waals surface area contributed by atoms with Crippen molar-refractivity contribution in [3.8, 4) is 5.75 Å². The largest absolute Gasteiger partial charge is 0.507 e. The number of rotatable bonds is 0. The number of thiophene rings is 1. The Morgan fingerprint density at radius 1 is 1.42 bits per heavy atom. The number of aromatic hydroxyl groups is 1. The van der Waals surface area contributed by atoms with Crippen LogP contribution in [0.5, 0.6) is 5.75 Å². The van der Waals surface area contributed by atoms with Gasteiger partial charge in [-0.3, -0.25) is 0 Å². The van der Waals surface area contributed by atoms with E-state index in [9.17, 15) is 5.11 Å². The van der Waals surface area contributed by atoms with E-state index in [-0.39, 0.29) is 0 Å². The first-order valence-corrected chi connectivity index (χ1v) is 5.17. The fourth-order valence-corrected chi connectivity index (χ4v) is 2.74. The molecule has 1 aromatic heterocycles. The van der Waals surface area contributed by atoms with E-state index in [4.69, 9.17) is 0 Å². The van der Waals surface area contributed by atoms with Gasteiger partial charge in [-0.2, -0.15) is 0 Å². The highest BCUT2D eigenvalue weighted by atomic mass is 79.9. The topological polar surface area (TPSA) is 20.2 Å². The highest BCUT2D eigenvalue weighted by Gasteiger charge is 2.05. The molecule has 0 saturated heterocycles. The highest BCUT2D eigenvalue weighted by molar-refractivity contribution is 9.10.